The molecule has 0 aliphatic carbocycles. The van der Waals surface area contributed by atoms with Crippen molar-refractivity contribution in [1.82, 2.24) is 9.80 Å². The van der Waals surface area contributed by atoms with Crippen molar-refractivity contribution in [3.05, 3.63) is 29.6 Å². The van der Waals surface area contributed by atoms with Crippen LogP contribution in [-0.4, -0.2) is 60.7 Å². The van der Waals surface area contributed by atoms with E-state index in [0.29, 0.717) is 37.6 Å². The third-order valence-electron chi connectivity index (χ3n) is 5.42. The fourth-order valence-corrected chi connectivity index (χ4v) is 3.95. The Hall–Kier alpha value is -1.66. The SMILES string of the molecule is COc1ccc(CN2CCOC3(CCCCN(C(C)C)C3=O)C2)c(F)c1. The van der Waals surface area contributed by atoms with Crippen LogP contribution < -0.4 is 4.74 Å². The van der Waals surface area contributed by atoms with Crippen LogP contribution in [0.15, 0.2) is 18.2 Å². The Bertz CT molecular complexity index is 652. The summed E-state index contributed by atoms with van der Waals surface area (Å²) in [4.78, 5) is 17.3. The maximum absolute atomic E-state index is 14.3. The number of carbonyl (C=O) groups is 1. The number of rotatable bonds is 4. The van der Waals surface area contributed by atoms with Crippen LogP contribution in [0.4, 0.5) is 4.39 Å². The van der Waals surface area contributed by atoms with Gasteiger partial charge >= 0.3 is 0 Å². The molecule has 1 unspecified atom stereocenters. The van der Waals surface area contributed by atoms with E-state index in [2.05, 4.69) is 4.90 Å². The average molecular weight is 364 g/mol. The van der Waals surface area contributed by atoms with Gasteiger partial charge in [0.1, 0.15) is 11.6 Å². The molecule has 0 N–H and O–H groups in total. The molecule has 1 atom stereocenters. The Labute approximate surface area is 155 Å². The van der Waals surface area contributed by atoms with Gasteiger partial charge in [-0.2, -0.15) is 0 Å². The number of likely N-dealkylation sites (tertiary alicyclic amines) is 1. The molecule has 3 rings (SSSR count). The normalized spacial score (nSPS) is 25.0. The number of hydrogen-bond donors (Lipinski definition) is 0. The van der Waals surface area contributed by atoms with Crippen molar-refractivity contribution >= 4 is 5.91 Å². The summed E-state index contributed by atoms with van der Waals surface area (Å²) in [5, 5.41) is 0. The molecule has 6 heteroatoms. The first-order valence-electron chi connectivity index (χ1n) is 9.45. The Kier molecular flexibility index (Phi) is 5.82. The second kappa shape index (κ2) is 7.92. The molecule has 2 fully saturated rings. The standard InChI is InChI=1S/C20H29FN2O3/c1-15(2)23-9-5-4-8-20(19(23)24)14-22(10-11-26-20)13-16-6-7-17(25-3)12-18(16)21/h6-7,12,15H,4-5,8-11,13-14H2,1-3H3. The summed E-state index contributed by atoms with van der Waals surface area (Å²) in [7, 11) is 1.53. The van der Waals surface area contributed by atoms with Gasteiger partial charge in [0, 0.05) is 43.9 Å². The van der Waals surface area contributed by atoms with Gasteiger partial charge in [-0.3, -0.25) is 9.69 Å². The Morgan fingerprint density at radius 2 is 2.12 bits per heavy atom. The zero-order valence-corrected chi connectivity index (χ0v) is 16.0. The first-order chi connectivity index (χ1) is 12.4. The van der Waals surface area contributed by atoms with Crippen molar-refractivity contribution in [1.29, 1.82) is 0 Å². The molecule has 2 heterocycles. The summed E-state index contributed by atoms with van der Waals surface area (Å²) in [5.41, 5.74) is -0.174. The van der Waals surface area contributed by atoms with Crippen LogP contribution in [0.3, 0.4) is 0 Å². The van der Waals surface area contributed by atoms with E-state index in [-0.39, 0.29) is 17.8 Å². The monoisotopic (exact) mass is 364 g/mol. The van der Waals surface area contributed by atoms with Crippen LogP contribution in [0.1, 0.15) is 38.7 Å². The van der Waals surface area contributed by atoms with Crippen LogP contribution in [0.2, 0.25) is 0 Å². The number of ether oxygens (including phenoxy) is 2. The zero-order chi connectivity index (χ0) is 18.7. The Morgan fingerprint density at radius 3 is 2.81 bits per heavy atom. The zero-order valence-electron chi connectivity index (χ0n) is 16.0. The first kappa shape index (κ1) is 19.1. The lowest BCUT2D eigenvalue weighted by atomic mass is 9.93. The van der Waals surface area contributed by atoms with Gasteiger partial charge in [0.2, 0.25) is 0 Å². The number of methoxy groups -OCH3 is 1. The lowest BCUT2D eigenvalue weighted by molar-refractivity contribution is -0.172. The lowest BCUT2D eigenvalue weighted by Gasteiger charge is -2.43. The fraction of sp³-hybridized carbons (Fsp3) is 0.650. The maximum Gasteiger partial charge on any atom is 0.256 e. The molecule has 0 aromatic heterocycles. The van der Waals surface area contributed by atoms with Crippen molar-refractivity contribution in [2.75, 3.05) is 33.4 Å². The van der Waals surface area contributed by atoms with Gasteiger partial charge in [0.05, 0.1) is 13.7 Å². The van der Waals surface area contributed by atoms with Crippen LogP contribution in [0, 0.1) is 5.82 Å². The molecule has 1 aromatic carbocycles. The number of morpholine rings is 1. The van der Waals surface area contributed by atoms with Gasteiger partial charge in [0.15, 0.2) is 5.60 Å². The van der Waals surface area contributed by atoms with Crippen LogP contribution in [0.5, 0.6) is 5.75 Å². The molecule has 144 valence electrons. The molecule has 2 aliphatic heterocycles. The summed E-state index contributed by atoms with van der Waals surface area (Å²) >= 11 is 0. The number of benzene rings is 1. The second-order valence-electron chi connectivity index (χ2n) is 7.56. The van der Waals surface area contributed by atoms with E-state index in [1.807, 2.05) is 18.7 Å². The van der Waals surface area contributed by atoms with Gasteiger partial charge in [0.25, 0.3) is 5.91 Å². The van der Waals surface area contributed by atoms with Crippen molar-refractivity contribution in [3.8, 4) is 5.75 Å². The highest BCUT2D eigenvalue weighted by molar-refractivity contribution is 5.86. The molecule has 1 spiro atoms. The highest BCUT2D eigenvalue weighted by Crippen LogP contribution is 2.31. The molecule has 1 amide bonds. The van der Waals surface area contributed by atoms with Gasteiger partial charge < -0.3 is 14.4 Å². The van der Waals surface area contributed by atoms with Crippen LogP contribution in [0.25, 0.3) is 0 Å². The van der Waals surface area contributed by atoms with E-state index in [1.165, 1.54) is 13.2 Å². The molecule has 0 bridgehead atoms. The molecule has 2 saturated heterocycles. The van der Waals surface area contributed by atoms with E-state index in [1.54, 1.807) is 12.1 Å². The van der Waals surface area contributed by atoms with Crippen molar-refractivity contribution in [2.45, 2.75) is 51.3 Å². The van der Waals surface area contributed by atoms with E-state index in [4.69, 9.17) is 9.47 Å². The van der Waals surface area contributed by atoms with E-state index in [0.717, 1.165) is 25.8 Å². The third-order valence-corrected chi connectivity index (χ3v) is 5.42. The van der Waals surface area contributed by atoms with Gasteiger partial charge in [-0.15, -0.1) is 0 Å². The largest absolute Gasteiger partial charge is 0.497 e. The number of carbonyl (C=O) groups excluding carboxylic acids is 1. The quantitative estimate of drug-likeness (QED) is 0.824. The van der Waals surface area contributed by atoms with Gasteiger partial charge in [-0.05, 0) is 39.2 Å². The minimum absolute atomic E-state index is 0.0879. The van der Waals surface area contributed by atoms with Gasteiger partial charge in [-0.1, -0.05) is 6.07 Å². The summed E-state index contributed by atoms with van der Waals surface area (Å²) in [5.74, 6) is 0.321. The molecular formula is C20H29FN2O3. The summed E-state index contributed by atoms with van der Waals surface area (Å²) < 4.78 is 25.5. The predicted octanol–water partition coefficient (Wildman–Crippen LogP) is 2.83. The fourth-order valence-electron chi connectivity index (χ4n) is 3.95. The van der Waals surface area contributed by atoms with Crippen molar-refractivity contribution in [2.24, 2.45) is 0 Å². The molecule has 1 aromatic rings. The van der Waals surface area contributed by atoms with Gasteiger partial charge in [-0.25, -0.2) is 4.39 Å². The average Bonchev–Trinajstić information content (AvgIpc) is 2.77. The molecular weight excluding hydrogens is 335 g/mol. The maximum atomic E-state index is 14.3. The van der Waals surface area contributed by atoms with Crippen LogP contribution in [-0.2, 0) is 16.1 Å². The smallest absolute Gasteiger partial charge is 0.256 e. The summed E-state index contributed by atoms with van der Waals surface area (Å²) in [6, 6.07) is 5.09. The number of nitrogens with zero attached hydrogens (tertiary/aromatic N) is 2. The van der Waals surface area contributed by atoms with Crippen molar-refractivity contribution in [3.63, 3.8) is 0 Å². The van der Waals surface area contributed by atoms with E-state index < -0.39 is 5.60 Å². The van der Waals surface area contributed by atoms with E-state index in [9.17, 15) is 9.18 Å². The number of hydrogen-bond acceptors (Lipinski definition) is 4. The minimum atomic E-state index is -0.790. The Morgan fingerprint density at radius 1 is 1.31 bits per heavy atom. The molecule has 26 heavy (non-hydrogen) atoms. The lowest BCUT2D eigenvalue weighted by Crippen LogP contribution is -2.60. The predicted molar refractivity (Wildman–Crippen MR) is 97.6 cm³/mol. The Balaban J connectivity index is 1.76. The highest BCUT2D eigenvalue weighted by atomic mass is 19.1. The molecule has 0 radical (unpaired) electrons. The summed E-state index contributed by atoms with van der Waals surface area (Å²) in [6.07, 6.45) is 2.71. The summed E-state index contributed by atoms with van der Waals surface area (Å²) in [6.45, 7) is 7.05. The highest BCUT2D eigenvalue weighted by Gasteiger charge is 2.47. The van der Waals surface area contributed by atoms with E-state index >= 15 is 0 Å². The molecule has 0 saturated carbocycles. The van der Waals surface area contributed by atoms with Crippen LogP contribution >= 0.6 is 0 Å². The van der Waals surface area contributed by atoms with Crippen molar-refractivity contribution < 1.29 is 18.7 Å². The third kappa shape index (κ3) is 3.86. The second-order valence-corrected chi connectivity index (χ2v) is 7.56. The minimum Gasteiger partial charge on any atom is -0.497 e. The molecule has 5 nitrogen and oxygen atoms in total. The molecule has 2 aliphatic rings. The first-order valence-corrected chi connectivity index (χ1v) is 9.45. The number of amides is 1. The number of halogens is 1. The topological polar surface area (TPSA) is 42.0 Å².